The van der Waals surface area contributed by atoms with Crippen LogP contribution in [0.1, 0.15) is 29.3 Å². The van der Waals surface area contributed by atoms with Gasteiger partial charge in [0.05, 0.1) is 36.1 Å². The van der Waals surface area contributed by atoms with Gasteiger partial charge in [0.25, 0.3) is 15.9 Å². The Morgan fingerprint density at radius 1 is 0.919 bits per heavy atom. The third-order valence-corrected chi connectivity index (χ3v) is 7.30. The summed E-state index contributed by atoms with van der Waals surface area (Å²) in [7, 11) is -1.33. The van der Waals surface area contributed by atoms with Crippen LogP contribution in [0.3, 0.4) is 0 Å². The van der Waals surface area contributed by atoms with Crippen molar-refractivity contribution in [2.45, 2.75) is 25.2 Å². The molecule has 9 nitrogen and oxygen atoms in total. The summed E-state index contributed by atoms with van der Waals surface area (Å²) in [4.78, 5) is 25.6. The molecule has 2 N–H and O–H groups in total. The summed E-state index contributed by atoms with van der Waals surface area (Å²) >= 11 is 0. The highest BCUT2D eigenvalue weighted by atomic mass is 32.2. The lowest BCUT2D eigenvalue weighted by molar-refractivity contribution is -0.114. The predicted molar refractivity (Wildman–Crippen MR) is 143 cm³/mol. The highest BCUT2D eigenvalue weighted by Gasteiger charge is 2.29. The Morgan fingerprint density at radius 2 is 1.59 bits per heavy atom. The van der Waals surface area contributed by atoms with E-state index in [9.17, 15) is 18.0 Å². The number of para-hydroxylation sites is 1. The molecule has 3 rings (SSSR count). The standard InChI is InChI=1S/C27H31N3O6S/c1-5-16-28-27(32)22-8-6-7-9-23(22)29-26(31)18-30(20-12-10-19(2)11-13-20)37(33,34)21-14-15-24(35-3)25(17-21)36-4/h6-15,17H,5,16,18H2,1-4H3,(H,28,32)(H,29,31). The minimum absolute atomic E-state index is 0.0714. The molecule has 3 aromatic rings. The number of nitrogens with one attached hydrogen (secondary N) is 2. The Labute approximate surface area is 217 Å². The van der Waals surface area contributed by atoms with Gasteiger partial charge in [-0.3, -0.25) is 13.9 Å². The van der Waals surface area contributed by atoms with Crippen molar-refractivity contribution in [2.75, 3.05) is 36.9 Å². The third kappa shape index (κ3) is 6.59. The molecule has 0 heterocycles. The Bertz CT molecular complexity index is 1360. The molecule has 0 aliphatic heterocycles. The first-order valence-corrected chi connectivity index (χ1v) is 13.1. The zero-order chi connectivity index (χ0) is 27.0. The monoisotopic (exact) mass is 525 g/mol. The molecule has 0 bridgehead atoms. The molecule has 0 unspecified atom stereocenters. The highest BCUT2D eigenvalue weighted by Crippen LogP contribution is 2.32. The topological polar surface area (TPSA) is 114 Å². The predicted octanol–water partition coefficient (Wildman–Crippen LogP) is 3.99. The molecular formula is C27H31N3O6S. The average Bonchev–Trinajstić information content (AvgIpc) is 2.90. The number of rotatable bonds is 11. The van der Waals surface area contributed by atoms with Crippen molar-refractivity contribution in [2.24, 2.45) is 0 Å². The number of amides is 2. The fourth-order valence-corrected chi connectivity index (χ4v) is 5.01. The van der Waals surface area contributed by atoms with Gasteiger partial charge in [0.1, 0.15) is 6.54 Å². The number of methoxy groups -OCH3 is 2. The third-order valence-electron chi connectivity index (χ3n) is 5.53. The Morgan fingerprint density at radius 3 is 2.24 bits per heavy atom. The zero-order valence-corrected chi connectivity index (χ0v) is 22.1. The molecule has 0 radical (unpaired) electrons. The van der Waals surface area contributed by atoms with Gasteiger partial charge in [0.15, 0.2) is 11.5 Å². The van der Waals surface area contributed by atoms with E-state index in [2.05, 4.69) is 10.6 Å². The number of sulfonamides is 1. The molecule has 0 saturated heterocycles. The van der Waals surface area contributed by atoms with Gasteiger partial charge < -0.3 is 20.1 Å². The molecule has 196 valence electrons. The summed E-state index contributed by atoms with van der Waals surface area (Å²) in [6.07, 6.45) is 0.764. The second-order valence-electron chi connectivity index (χ2n) is 8.21. The first-order valence-electron chi connectivity index (χ1n) is 11.7. The Balaban J connectivity index is 1.96. The fraction of sp³-hybridized carbons (Fsp3) is 0.259. The molecule has 10 heteroatoms. The molecule has 37 heavy (non-hydrogen) atoms. The fourth-order valence-electron chi connectivity index (χ4n) is 3.57. The summed E-state index contributed by atoms with van der Waals surface area (Å²) in [5.41, 5.74) is 1.82. The largest absolute Gasteiger partial charge is 0.493 e. The summed E-state index contributed by atoms with van der Waals surface area (Å²) in [5.74, 6) is -0.325. The van der Waals surface area contributed by atoms with Gasteiger partial charge in [-0.1, -0.05) is 36.8 Å². The van der Waals surface area contributed by atoms with Gasteiger partial charge >= 0.3 is 0 Å². The molecule has 0 saturated carbocycles. The second kappa shape index (κ2) is 12.3. The SMILES string of the molecule is CCCNC(=O)c1ccccc1NC(=O)CN(c1ccc(C)cc1)S(=O)(=O)c1ccc(OC)c(OC)c1. The number of hydrogen-bond donors (Lipinski definition) is 2. The number of benzene rings is 3. The normalized spacial score (nSPS) is 10.9. The molecule has 0 spiro atoms. The molecule has 0 aliphatic rings. The van der Waals surface area contributed by atoms with Gasteiger partial charge in [-0.25, -0.2) is 8.42 Å². The lowest BCUT2D eigenvalue weighted by Gasteiger charge is -2.25. The number of ether oxygens (including phenoxy) is 2. The number of anilines is 2. The lowest BCUT2D eigenvalue weighted by atomic mass is 10.1. The van der Waals surface area contributed by atoms with Crippen molar-refractivity contribution in [1.29, 1.82) is 0 Å². The highest BCUT2D eigenvalue weighted by molar-refractivity contribution is 7.92. The molecular weight excluding hydrogens is 494 g/mol. The van der Waals surface area contributed by atoms with Crippen LogP contribution in [-0.4, -0.2) is 47.5 Å². The number of carbonyl (C=O) groups excluding carboxylic acids is 2. The molecule has 0 fully saturated rings. The molecule has 3 aromatic carbocycles. The summed E-state index contributed by atoms with van der Waals surface area (Å²) in [5, 5.41) is 5.47. The van der Waals surface area contributed by atoms with E-state index in [0.717, 1.165) is 16.3 Å². The van der Waals surface area contributed by atoms with Crippen molar-refractivity contribution in [1.82, 2.24) is 5.32 Å². The first kappa shape index (κ1) is 27.5. The van der Waals surface area contributed by atoms with Gasteiger partial charge in [-0.2, -0.15) is 0 Å². The van der Waals surface area contributed by atoms with E-state index in [1.165, 1.54) is 32.4 Å². The van der Waals surface area contributed by atoms with E-state index in [1.807, 2.05) is 13.8 Å². The maximum Gasteiger partial charge on any atom is 0.264 e. The van der Waals surface area contributed by atoms with Gasteiger partial charge in [-0.05, 0) is 49.7 Å². The van der Waals surface area contributed by atoms with Crippen LogP contribution in [0.4, 0.5) is 11.4 Å². The van der Waals surface area contributed by atoms with E-state index < -0.39 is 22.5 Å². The maximum atomic E-state index is 13.8. The summed E-state index contributed by atoms with van der Waals surface area (Å²) in [6, 6.07) is 17.6. The van der Waals surface area contributed by atoms with Crippen LogP contribution in [0.15, 0.2) is 71.6 Å². The van der Waals surface area contributed by atoms with Gasteiger partial charge in [-0.15, -0.1) is 0 Å². The van der Waals surface area contributed by atoms with Crippen LogP contribution < -0.4 is 24.4 Å². The van der Waals surface area contributed by atoms with E-state index in [0.29, 0.717) is 18.0 Å². The smallest absolute Gasteiger partial charge is 0.264 e. The van der Waals surface area contributed by atoms with Crippen molar-refractivity contribution in [3.63, 3.8) is 0 Å². The van der Waals surface area contributed by atoms with Crippen molar-refractivity contribution in [3.05, 3.63) is 77.9 Å². The minimum atomic E-state index is -4.19. The summed E-state index contributed by atoms with van der Waals surface area (Å²) in [6.45, 7) is 3.78. The maximum absolute atomic E-state index is 13.8. The summed E-state index contributed by atoms with van der Waals surface area (Å²) < 4.78 is 39.0. The van der Waals surface area contributed by atoms with Crippen LogP contribution in [0.25, 0.3) is 0 Å². The van der Waals surface area contributed by atoms with Crippen LogP contribution >= 0.6 is 0 Å². The minimum Gasteiger partial charge on any atom is -0.493 e. The van der Waals surface area contributed by atoms with E-state index >= 15 is 0 Å². The van der Waals surface area contributed by atoms with E-state index in [-0.39, 0.29) is 27.8 Å². The molecule has 2 amide bonds. The zero-order valence-electron chi connectivity index (χ0n) is 21.3. The number of aryl methyl sites for hydroxylation is 1. The van der Waals surface area contributed by atoms with Gasteiger partial charge in [0, 0.05) is 12.6 Å². The van der Waals surface area contributed by atoms with Crippen molar-refractivity contribution < 1.29 is 27.5 Å². The lowest BCUT2D eigenvalue weighted by Crippen LogP contribution is -2.38. The average molecular weight is 526 g/mol. The van der Waals surface area contributed by atoms with Crippen LogP contribution in [0, 0.1) is 6.92 Å². The van der Waals surface area contributed by atoms with Crippen LogP contribution in [-0.2, 0) is 14.8 Å². The van der Waals surface area contributed by atoms with E-state index in [4.69, 9.17) is 9.47 Å². The van der Waals surface area contributed by atoms with Crippen molar-refractivity contribution >= 4 is 33.2 Å². The van der Waals surface area contributed by atoms with Crippen LogP contribution in [0.2, 0.25) is 0 Å². The molecule has 0 atom stereocenters. The second-order valence-corrected chi connectivity index (χ2v) is 10.1. The van der Waals surface area contributed by atoms with Crippen molar-refractivity contribution in [3.8, 4) is 11.5 Å². The molecule has 0 aliphatic carbocycles. The van der Waals surface area contributed by atoms with Gasteiger partial charge in [0.2, 0.25) is 5.91 Å². The number of hydrogen-bond acceptors (Lipinski definition) is 6. The first-order chi connectivity index (χ1) is 17.7. The van der Waals surface area contributed by atoms with E-state index in [1.54, 1.807) is 48.5 Å². The quantitative estimate of drug-likeness (QED) is 0.391. The van der Waals surface area contributed by atoms with Crippen LogP contribution in [0.5, 0.6) is 11.5 Å². The Kier molecular flexibility index (Phi) is 9.13. The number of carbonyl (C=O) groups is 2. The number of nitrogens with zero attached hydrogens (tertiary/aromatic N) is 1. The molecule has 0 aromatic heterocycles. The Hall–Kier alpha value is -4.05.